The summed E-state index contributed by atoms with van der Waals surface area (Å²) in [4.78, 5) is 11.9. The van der Waals surface area contributed by atoms with E-state index < -0.39 is 0 Å². The van der Waals surface area contributed by atoms with Gasteiger partial charge in [0.1, 0.15) is 11.5 Å². The van der Waals surface area contributed by atoms with E-state index in [1.807, 2.05) is 13.2 Å². The second kappa shape index (κ2) is 6.39. The molecule has 1 aromatic rings. The minimum absolute atomic E-state index is 0.0991. The number of amides is 1. The molecule has 0 saturated carbocycles. The molecule has 3 N–H and O–H groups in total. The predicted octanol–water partition coefficient (Wildman–Crippen LogP) is 1.97. The molecular formula is C12H17NO3S. The zero-order valence-corrected chi connectivity index (χ0v) is 10.8. The Morgan fingerprint density at radius 3 is 2.41 bits per heavy atom. The predicted molar refractivity (Wildman–Crippen MR) is 69.7 cm³/mol. The summed E-state index contributed by atoms with van der Waals surface area (Å²) in [6, 6.07) is 3.96. The number of aromatic hydroxyl groups is 2. The van der Waals surface area contributed by atoms with E-state index in [-0.39, 0.29) is 29.0 Å². The summed E-state index contributed by atoms with van der Waals surface area (Å²) in [5.74, 6) is 0.325. The number of hydrogen-bond acceptors (Lipinski definition) is 4. The van der Waals surface area contributed by atoms with Gasteiger partial charge in [-0.25, -0.2) is 0 Å². The van der Waals surface area contributed by atoms with Crippen LogP contribution < -0.4 is 5.32 Å². The highest BCUT2D eigenvalue weighted by atomic mass is 32.2. The fraction of sp³-hybridized carbons (Fsp3) is 0.417. The lowest BCUT2D eigenvalue weighted by atomic mass is 10.1. The molecule has 0 aliphatic carbocycles. The first-order valence-corrected chi connectivity index (χ1v) is 6.79. The van der Waals surface area contributed by atoms with Gasteiger partial charge >= 0.3 is 0 Å². The summed E-state index contributed by atoms with van der Waals surface area (Å²) in [5, 5.41) is 21.4. The highest BCUT2D eigenvalue weighted by Gasteiger charge is 2.13. The van der Waals surface area contributed by atoms with Crippen LogP contribution in [-0.4, -0.2) is 34.2 Å². The molecule has 0 aromatic heterocycles. The average Bonchev–Trinajstić information content (AvgIpc) is 2.27. The molecule has 5 heteroatoms. The first kappa shape index (κ1) is 13.7. The van der Waals surface area contributed by atoms with Gasteiger partial charge in [0.15, 0.2) is 0 Å². The SMILES string of the molecule is CCC(CSC)NC(=O)c1cc(O)cc(O)c1. The molecule has 1 amide bonds. The third kappa shape index (κ3) is 4.19. The third-order valence-corrected chi connectivity index (χ3v) is 3.10. The Balaban J connectivity index is 2.75. The van der Waals surface area contributed by atoms with Crippen LogP contribution in [0.4, 0.5) is 0 Å². The second-order valence-corrected chi connectivity index (χ2v) is 4.68. The molecule has 0 aliphatic heterocycles. The summed E-state index contributed by atoms with van der Waals surface area (Å²) in [5.41, 5.74) is 0.266. The van der Waals surface area contributed by atoms with Gasteiger partial charge in [-0.2, -0.15) is 11.8 Å². The third-order valence-electron chi connectivity index (χ3n) is 2.36. The Kier molecular flexibility index (Phi) is 5.15. The molecule has 1 rings (SSSR count). The van der Waals surface area contributed by atoms with E-state index in [1.54, 1.807) is 11.8 Å². The molecule has 94 valence electrons. The van der Waals surface area contributed by atoms with Crippen LogP contribution >= 0.6 is 11.8 Å². The Hall–Kier alpha value is -1.36. The van der Waals surface area contributed by atoms with Gasteiger partial charge < -0.3 is 15.5 Å². The van der Waals surface area contributed by atoms with E-state index in [9.17, 15) is 15.0 Å². The van der Waals surface area contributed by atoms with Crippen molar-refractivity contribution >= 4 is 17.7 Å². The lowest BCUT2D eigenvalue weighted by molar-refractivity contribution is 0.0939. The molecule has 0 heterocycles. The van der Waals surface area contributed by atoms with Gasteiger partial charge in [0.25, 0.3) is 5.91 Å². The van der Waals surface area contributed by atoms with Gasteiger partial charge in [-0.3, -0.25) is 4.79 Å². The van der Waals surface area contributed by atoms with Crippen molar-refractivity contribution in [3.8, 4) is 11.5 Å². The van der Waals surface area contributed by atoms with Crippen molar-refractivity contribution in [1.82, 2.24) is 5.32 Å². The monoisotopic (exact) mass is 255 g/mol. The van der Waals surface area contributed by atoms with Crippen molar-refractivity contribution in [2.24, 2.45) is 0 Å². The largest absolute Gasteiger partial charge is 0.508 e. The maximum atomic E-state index is 11.9. The molecule has 0 spiro atoms. The lowest BCUT2D eigenvalue weighted by Crippen LogP contribution is -2.36. The van der Waals surface area contributed by atoms with Crippen molar-refractivity contribution in [2.45, 2.75) is 19.4 Å². The van der Waals surface area contributed by atoms with Gasteiger partial charge in [-0.05, 0) is 24.8 Å². The van der Waals surface area contributed by atoms with Gasteiger partial charge in [-0.15, -0.1) is 0 Å². The number of benzene rings is 1. The van der Waals surface area contributed by atoms with Gasteiger partial charge in [-0.1, -0.05) is 6.92 Å². The number of hydrogen-bond donors (Lipinski definition) is 3. The van der Waals surface area contributed by atoms with E-state index in [0.29, 0.717) is 0 Å². The van der Waals surface area contributed by atoms with Crippen LogP contribution in [0.1, 0.15) is 23.7 Å². The van der Waals surface area contributed by atoms with Crippen molar-refractivity contribution in [2.75, 3.05) is 12.0 Å². The topological polar surface area (TPSA) is 69.6 Å². The molecule has 0 fully saturated rings. The molecule has 0 bridgehead atoms. The zero-order chi connectivity index (χ0) is 12.8. The van der Waals surface area contributed by atoms with Crippen LogP contribution in [0.25, 0.3) is 0 Å². The Bertz CT molecular complexity index is 375. The van der Waals surface area contributed by atoms with E-state index in [4.69, 9.17) is 0 Å². The fourth-order valence-electron chi connectivity index (χ4n) is 1.46. The molecule has 4 nitrogen and oxygen atoms in total. The minimum Gasteiger partial charge on any atom is -0.508 e. The summed E-state index contributed by atoms with van der Waals surface area (Å²) in [6.45, 7) is 2.00. The molecule has 0 saturated heterocycles. The van der Waals surface area contributed by atoms with Crippen LogP contribution in [-0.2, 0) is 0 Å². The van der Waals surface area contributed by atoms with Crippen molar-refractivity contribution in [3.05, 3.63) is 23.8 Å². The average molecular weight is 255 g/mol. The van der Waals surface area contributed by atoms with Crippen LogP contribution in [0.5, 0.6) is 11.5 Å². The molecule has 0 aliphatic rings. The number of carbonyl (C=O) groups excluding carboxylic acids is 1. The van der Waals surface area contributed by atoms with Gasteiger partial charge in [0.05, 0.1) is 0 Å². The van der Waals surface area contributed by atoms with Gasteiger partial charge in [0, 0.05) is 23.4 Å². The molecule has 17 heavy (non-hydrogen) atoms. The second-order valence-electron chi connectivity index (χ2n) is 3.77. The number of phenols is 2. The summed E-state index contributed by atoms with van der Waals surface area (Å²) < 4.78 is 0. The minimum atomic E-state index is -0.280. The number of carbonyl (C=O) groups is 1. The summed E-state index contributed by atoms with van der Waals surface area (Å²) in [6.07, 6.45) is 2.83. The summed E-state index contributed by atoms with van der Waals surface area (Å²) >= 11 is 1.66. The Morgan fingerprint density at radius 1 is 1.35 bits per heavy atom. The van der Waals surface area contributed by atoms with E-state index in [0.717, 1.165) is 12.2 Å². The van der Waals surface area contributed by atoms with Crippen molar-refractivity contribution < 1.29 is 15.0 Å². The summed E-state index contributed by atoms with van der Waals surface area (Å²) in [7, 11) is 0. The Morgan fingerprint density at radius 2 is 1.94 bits per heavy atom. The fourth-order valence-corrected chi connectivity index (χ4v) is 2.18. The zero-order valence-electron chi connectivity index (χ0n) is 9.93. The normalized spacial score (nSPS) is 12.1. The molecule has 1 atom stereocenters. The van der Waals surface area contributed by atoms with Crippen LogP contribution in [0, 0.1) is 0 Å². The van der Waals surface area contributed by atoms with Crippen molar-refractivity contribution in [3.63, 3.8) is 0 Å². The highest BCUT2D eigenvalue weighted by Crippen LogP contribution is 2.20. The van der Waals surface area contributed by atoms with E-state index in [2.05, 4.69) is 5.32 Å². The number of rotatable bonds is 5. The first-order valence-electron chi connectivity index (χ1n) is 5.39. The highest BCUT2D eigenvalue weighted by molar-refractivity contribution is 7.98. The maximum Gasteiger partial charge on any atom is 0.251 e. The number of nitrogens with one attached hydrogen (secondary N) is 1. The standard InChI is InChI=1S/C12H17NO3S/c1-3-9(7-17-2)13-12(16)8-4-10(14)6-11(15)5-8/h4-6,9,14-15H,3,7H2,1-2H3,(H,13,16). The lowest BCUT2D eigenvalue weighted by Gasteiger charge is -2.15. The van der Waals surface area contributed by atoms with Crippen LogP contribution in [0.15, 0.2) is 18.2 Å². The molecule has 1 aromatic carbocycles. The molecular weight excluding hydrogens is 238 g/mol. The smallest absolute Gasteiger partial charge is 0.251 e. The first-order chi connectivity index (χ1) is 8.06. The van der Waals surface area contributed by atoms with E-state index >= 15 is 0 Å². The number of thioether (sulfide) groups is 1. The molecule has 0 radical (unpaired) electrons. The van der Waals surface area contributed by atoms with E-state index in [1.165, 1.54) is 18.2 Å². The maximum absolute atomic E-state index is 11.9. The van der Waals surface area contributed by atoms with Crippen LogP contribution in [0.3, 0.4) is 0 Å². The number of phenolic OH excluding ortho intramolecular Hbond substituents is 2. The molecule has 1 unspecified atom stereocenters. The Labute approximate surface area is 105 Å². The quantitative estimate of drug-likeness (QED) is 0.752. The van der Waals surface area contributed by atoms with Crippen LogP contribution in [0.2, 0.25) is 0 Å². The van der Waals surface area contributed by atoms with Gasteiger partial charge in [0.2, 0.25) is 0 Å². The van der Waals surface area contributed by atoms with Crippen molar-refractivity contribution in [1.29, 1.82) is 0 Å².